The van der Waals surface area contributed by atoms with Crippen LogP contribution in [0.2, 0.25) is 0 Å². The normalized spacial score (nSPS) is 11.8. The molecule has 0 fully saturated rings. The Morgan fingerprint density at radius 3 is 2.23 bits per heavy atom. The highest BCUT2D eigenvalue weighted by molar-refractivity contribution is 6.09. The van der Waals surface area contributed by atoms with Crippen LogP contribution in [0.15, 0.2) is 60.2 Å². The Morgan fingerprint density at radius 2 is 1.68 bits per heavy atom. The van der Waals surface area contributed by atoms with E-state index in [0.29, 0.717) is 5.69 Å². The maximum absolute atomic E-state index is 12.6. The molecule has 5 heteroatoms. The Kier molecular flexibility index (Phi) is 6.03. The Labute approximate surface area is 183 Å². The van der Waals surface area contributed by atoms with Crippen LogP contribution in [0.1, 0.15) is 43.3 Å². The number of aromatic nitrogens is 1. The van der Waals surface area contributed by atoms with Gasteiger partial charge in [0.25, 0.3) is 5.91 Å². The van der Waals surface area contributed by atoms with Gasteiger partial charge in [0.2, 0.25) is 0 Å². The van der Waals surface area contributed by atoms with Gasteiger partial charge >= 0.3 is 0 Å². The van der Waals surface area contributed by atoms with Crippen LogP contribution in [0.25, 0.3) is 11.8 Å². The lowest BCUT2D eigenvalue weighted by molar-refractivity contribution is -0.112. The summed E-state index contributed by atoms with van der Waals surface area (Å²) in [6.45, 7) is 10.5. The third-order valence-electron chi connectivity index (χ3n) is 5.25. The summed E-state index contributed by atoms with van der Waals surface area (Å²) < 4.78 is 2.12. The van der Waals surface area contributed by atoms with E-state index in [-0.39, 0.29) is 16.7 Å². The van der Waals surface area contributed by atoms with Gasteiger partial charge in [0.15, 0.2) is 0 Å². The number of aromatic hydroxyl groups is 1. The lowest BCUT2D eigenvalue weighted by atomic mass is 9.87. The largest absolute Gasteiger partial charge is 0.508 e. The van der Waals surface area contributed by atoms with Crippen LogP contribution < -0.4 is 5.32 Å². The number of phenolic OH excluding ortho intramolecular Hbond substituents is 1. The fourth-order valence-corrected chi connectivity index (χ4v) is 3.49. The van der Waals surface area contributed by atoms with E-state index in [9.17, 15) is 15.2 Å². The van der Waals surface area contributed by atoms with E-state index in [2.05, 4.69) is 54.9 Å². The van der Waals surface area contributed by atoms with E-state index in [1.165, 1.54) is 17.7 Å². The number of carbonyl (C=O) groups is 1. The predicted molar refractivity (Wildman–Crippen MR) is 124 cm³/mol. The molecule has 0 unspecified atom stereocenters. The number of nitrogens with zero attached hydrogens (tertiary/aromatic N) is 2. The second-order valence-electron chi connectivity index (χ2n) is 8.63. The molecule has 1 aromatic heterocycles. The first-order valence-electron chi connectivity index (χ1n) is 10.1. The van der Waals surface area contributed by atoms with Crippen molar-refractivity contribution in [3.05, 3.63) is 82.7 Å². The van der Waals surface area contributed by atoms with Crippen LogP contribution in [-0.4, -0.2) is 15.6 Å². The first-order chi connectivity index (χ1) is 14.6. The van der Waals surface area contributed by atoms with Crippen LogP contribution in [0.3, 0.4) is 0 Å². The number of amides is 1. The highest BCUT2D eigenvalue weighted by atomic mass is 16.3. The van der Waals surface area contributed by atoms with Crippen molar-refractivity contribution in [2.75, 3.05) is 5.32 Å². The molecule has 2 N–H and O–H groups in total. The average Bonchev–Trinajstić information content (AvgIpc) is 3.00. The Hall–Kier alpha value is -3.78. The number of hydrogen-bond acceptors (Lipinski definition) is 3. The van der Waals surface area contributed by atoms with Gasteiger partial charge in [-0.15, -0.1) is 0 Å². The molecule has 0 saturated carbocycles. The summed E-state index contributed by atoms with van der Waals surface area (Å²) in [5.74, 6) is -0.385. The van der Waals surface area contributed by atoms with E-state index in [1.807, 2.05) is 26.0 Å². The molecule has 1 heterocycles. The first-order valence-corrected chi connectivity index (χ1v) is 10.1. The summed E-state index contributed by atoms with van der Waals surface area (Å²) in [7, 11) is 0. The number of benzene rings is 2. The zero-order valence-electron chi connectivity index (χ0n) is 18.5. The van der Waals surface area contributed by atoms with Crippen LogP contribution in [0, 0.1) is 25.2 Å². The zero-order valence-corrected chi connectivity index (χ0v) is 18.5. The SMILES string of the molecule is Cc1cc(C=C(C#N)C(=O)Nc2ccc(O)cc2)c(C)n1-c1ccc(C(C)(C)C)cc1. The number of aryl methyl sites for hydroxylation is 1. The van der Waals surface area contributed by atoms with Crippen molar-refractivity contribution in [3.63, 3.8) is 0 Å². The molecule has 5 nitrogen and oxygen atoms in total. The molecule has 0 aliphatic rings. The minimum atomic E-state index is -0.493. The third-order valence-corrected chi connectivity index (χ3v) is 5.25. The number of rotatable bonds is 4. The average molecular weight is 414 g/mol. The smallest absolute Gasteiger partial charge is 0.266 e. The molecule has 158 valence electrons. The third kappa shape index (κ3) is 4.87. The van der Waals surface area contributed by atoms with Gasteiger partial charge in [0, 0.05) is 22.8 Å². The second kappa shape index (κ2) is 8.53. The quantitative estimate of drug-likeness (QED) is 0.330. The van der Waals surface area contributed by atoms with Gasteiger partial charge in [-0.3, -0.25) is 4.79 Å². The van der Waals surface area contributed by atoms with Crippen LogP contribution in [-0.2, 0) is 10.2 Å². The van der Waals surface area contributed by atoms with E-state index < -0.39 is 5.91 Å². The van der Waals surface area contributed by atoms with E-state index in [4.69, 9.17) is 0 Å². The molecule has 31 heavy (non-hydrogen) atoms. The van der Waals surface area contributed by atoms with Gasteiger partial charge in [-0.25, -0.2) is 0 Å². The summed E-state index contributed by atoms with van der Waals surface area (Å²) in [6.07, 6.45) is 1.61. The fourth-order valence-electron chi connectivity index (χ4n) is 3.49. The van der Waals surface area contributed by atoms with E-state index in [1.54, 1.807) is 18.2 Å². The Bertz CT molecular complexity index is 1170. The monoisotopic (exact) mass is 413 g/mol. The van der Waals surface area contributed by atoms with E-state index in [0.717, 1.165) is 22.6 Å². The highest BCUT2D eigenvalue weighted by Crippen LogP contribution is 2.27. The van der Waals surface area contributed by atoms with Crippen molar-refractivity contribution in [3.8, 4) is 17.5 Å². The minimum absolute atomic E-state index is 0.0106. The van der Waals surface area contributed by atoms with Gasteiger partial charge in [-0.2, -0.15) is 5.26 Å². The molecule has 3 rings (SSSR count). The Balaban J connectivity index is 1.91. The van der Waals surface area contributed by atoms with Crippen LogP contribution >= 0.6 is 0 Å². The number of carbonyl (C=O) groups excluding carboxylic acids is 1. The summed E-state index contributed by atoms with van der Waals surface area (Å²) in [6, 6.07) is 18.5. The molecule has 0 aliphatic heterocycles. The molecule has 0 aliphatic carbocycles. The number of hydrogen-bond donors (Lipinski definition) is 2. The minimum Gasteiger partial charge on any atom is -0.508 e. The van der Waals surface area contributed by atoms with E-state index >= 15 is 0 Å². The summed E-state index contributed by atoms with van der Waals surface area (Å²) in [5, 5.41) is 21.6. The van der Waals surface area contributed by atoms with Crippen LogP contribution in [0.5, 0.6) is 5.75 Å². The Morgan fingerprint density at radius 1 is 1.06 bits per heavy atom. The maximum Gasteiger partial charge on any atom is 0.266 e. The number of nitrogens with one attached hydrogen (secondary N) is 1. The lowest BCUT2D eigenvalue weighted by Crippen LogP contribution is -2.13. The molecule has 0 saturated heterocycles. The van der Waals surface area contributed by atoms with Crippen molar-refractivity contribution in [2.45, 2.75) is 40.0 Å². The van der Waals surface area contributed by atoms with Crippen molar-refractivity contribution < 1.29 is 9.90 Å². The molecular weight excluding hydrogens is 386 g/mol. The topological polar surface area (TPSA) is 78.1 Å². The maximum atomic E-state index is 12.6. The zero-order chi connectivity index (χ0) is 22.8. The standard InChI is InChI=1S/C26H27N3O2/c1-17-14-19(15-20(16-27)25(31)28-22-8-12-24(30)13-9-22)18(2)29(17)23-10-6-21(7-11-23)26(3,4)5/h6-15,30H,1-5H3,(H,28,31). The summed E-state index contributed by atoms with van der Waals surface area (Å²) in [5.41, 5.74) is 5.68. The van der Waals surface area contributed by atoms with Gasteiger partial charge < -0.3 is 15.0 Å². The first kappa shape index (κ1) is 21.9. The van der Waals surface area contributed by atoms with Gasteiger partial charge in [-0.1, -0.05) is 32.9 Å². The lowest BCUT2D eigenvalue weighted by Gasteiger charge is -2.20. The number of nitriles is 1. The number of anilines is 1. The molecule has 0 spiro atoms. The molecule has 3 aromatic rings. The van der Waals surface area contributed by atoms with Crippen molar-refractivity contribution >= 4 is 17.7 Å². The van der Waals surface area contributed by atoms with Gasteiger partial charge in [0.05, 0.1) is 0 Å². The van der Waals surface area contributed by atoms with Crippen LogP contribution in [0.4, 0.5) is 5.69 Å². The molecule has 0 bridgehead atoms. The molecule has 0 radical (unpaired) electrons. The summed E-state index contributed by atoms with van der Waals surface area (Å²) >= 11 is 0. The molecular formula is C26H27N3O2. The summed E-state index contributed by atoms with van der Waals surface area (Å²) in [4.78, 5) is 12.6. The van der Waals surface area contributed by atoms with Crippen molar-refractivity contribution in [2.24, 2.45) is 0 Å². The highest BCUT2D eigenvalue weighted by Gasteiger charge is 2.16. The van der Waals surface area contributed by atoms with Gasteiger partial charge in [-0.05, 0) is 78.9 Å². The second-order valence-corrected chi connectivity index (χ2v) is 8.63. The molecule has 2 aromatic carbocycles. The fraction of sp³-hybridized carbons (Fsp3) is 0.231. The number of phenols is 1. The molecule has 1 amide bonds. The van der Waals surface area contributed by atoms with Crippen molar-refractivity contribution in [1.82, 2.24) is 4.57 Å². The van der Waals surface area contributed by atoms with Crippen molar-refractivity contribution in [1.29, 1.82) is 5.26 Å². The predicted octanol–water partition coefficient (Wildman–Crippen LogP) is 5.64. The van der Waals surface area contributed by atoms with Gasteiger partial charge in [0.1, 0.15) is 17.4 Å². The molecule has 0 atom stereocenters.